The molecule has 1 amide bonds. The molecule has 0 radical (unpaired) electrons. The highest BCUT2D eigenvalue weighted by atomic mass is 16.4. The van der Waals surface area contributed by atoms with Gasteiger partial charge in [0, 0.05) is 5.69 Å². The van der Waals surface area contributed by atoms with Crippen molar-refractivity contribution >= 4 is 17.6 Å². The van der Waals surface area contributed by atoms with Crippen molar-refractivity contribution in [3.8, 4) is 0 Å². The Hall–Kier alpha value is -2.82. The largest absolute Gasteiger partial charge is 0.479 e. The van der Waals surface area contributed by atoms with Gasteiger partial charge in [0.25, 0.3) is 0 Å². The minimum atomic E-state index is -1.09. The minimum Gasteiger partial charge on any atom is -0.479 e. The zero-order chi connectivity index (χ0) is 15.2. The number of nitrogen functional groups attached to an aromatic ring is 1. The first kappa shape index (κ1) is 14.6. The van der Waals surface area contributed by atoms with Crippen molar-refractivity contribution < 1.29 is 14.7 Å². The van der Waals surface area contributed by atoms with E-state index in [1.54, 1.807) is 54.6 Å². The summed E-state index contributed by atoms with van der Waals surface area (Å²) in [6.45, 7) is 0. The van der Waals surface area contributed by atoms with Crippen LogP contribution in [-0.2, 0) is 16.0 Å². The Morgan fingerprint density at radius 3 is 2.24 bits per heavy atom. The van der Waals surface area contributed by atoms with Crippen molar-refractivity contribution in [2.75, 3.05) is 5.73 Å². The number of aliphatic carboxylic acids is 1. The number of carboxylic acid groups (broad SMARTS) is 1. The second-order valence-corrected chi connectivity index (χ2v) is 4.67. The number of amides is 1. The highest BCUT2D eigenvalue weighted by molar-refractivity contribution is 5.85. The maximum absolute atomic E-state index is 12.0. The van der Waals surface area contributed by atoms with Crippen molar-refractivity contribution in [1.29, 1.82) is 0 Å². The normalized spacial score (nSPS) is 11.6. The summed E-state index contributed by atoms with van der Waals surface area (Å²) in [7, 11) is 0. The first-order valence-corrected chi connectivity index (χ1v) is 6.48. The molecule has 0 spiro atoms. The molecule has 21 heavy (non-hydrogen) atoms. The fraction of sp³-hybridized carbons (Fsp3) is 0.125. The Morgan fingerprint density at radius 2 is 1.67 bits per heavy atom. The SMILES string of the molecule is Nc1ccc(CC(=O)N[C@H](C(=O)O)c2ccccc2)cc1. The molecule has 0 aliphatic heterocycles. The molecule has 5 nitrogen and oxygen atoms in total. The topological polar surface area (TPSA) is 92.4 Å². The lowest BCUT2D eigenvalue weighted by atomic mass is 10.1. The van der Waals surface area contributed by atoms with Gasteiger partial charge in [-0.25, -0.2) is 4.79 Å². The number of nitrogens with two attached hydrogens (primary N) is 1. The Morgan fingerprint density at radius 1 is 1.05 bits per heavy atom. The van der Waals surface area contributed by atoms with E-state index in [0.29, 0.717) is 11.3 Å². The molecule has 108 valence electrons. The van der Waals surface area contributed by atoms with E-state index in [4.69, 9.17) is 5.73 Å². The summed E-state index contributed by atoms with van der Waals surface area (Å²) in [6.07, 6.45) is 0.108. The van der Waals surface area contributed by atoms with Crippen molar-refractivity contribution in [1.82, 2.24) is 5.32 Å². The lowest BCUT2D eigenvalue weighted by Gasteiger charge is -2.15. The summed E-state index contributed by atoms with van der Waals surface area (Å²) in [4.78, 5) is 23.3. The molecule has 4 N–H and O–H groups in total. The standard InChI is InChI=1S/C16H16N2O3/c17-13-8-6-11(7-9-13)10-14(19)18-15(16(20)21)12-4-2-1-3-5-12/h1-9,15H,10,17H2,(H,18,19)(H,20,21)/t15-/m0/s1. The molecule has 0 saturated carbocycles. The number of rotatable bonds is 5. The Balaban J connectivity index is 2.05. The van der Waals surface area contributed by atoms with Crippen molar-refractivity contribution in [2.45, 2.75) is 12.5 Å². The van der Waals surface area contributed by atoms with Crippen LogP contribution in [0.4, 0.5) is 5.69 Å². The van der Waals surface area contributed by atoms with E-state index in [1.165, 1.54) is 0 Å². The number of carboxylic acids is 1. The van der Waals surface area contributed by atoms with Crippen LogP contribution < -0.4 is 11.1 Å². The molecule has 0 aromatic heterocycles. The summed E-state index contributed by atoms with van der Waals surface area (Å²) in [6, 6.07) is 14.4. The van der Waals surface area contributed by atoms with Crippen LogP contribution in [0.3, 0.4) is 0 Å². The highest BCUT2D eigenvalue weighted by Gasteiger charge is 2.21. The van der Waals surface area contributed by atoms with E-state index in [0.717, 1.165) is 5.56 Å². The van der Waals surface area contributed by atoms with E-state index < -0.39 is 12.0 Å². The second kappa shape index (κ2) is 6.56. The first-order valence-electron chi connectivity index (χ1n) is 6.48. The predicted octanol–water partition coefficient (Wildman–Crippen LogP) is 1.75. The molecule has 0 unspecified atom stereocenters. The molecule has 1 atom stereocenters. The molecular formula is C16H16N2O3. The molecule has 2 aromatic rings. The van der Waals surface area contributed by atoms with Gasteiger partial charge in [-0.15, -0.1) is 0 Å². The second-order valence-electron chi connectivity index (χ2n) is 4.67. The van der Waals surface area contributed by atoms with Gasteiger partial charge in [-0.05, 0) is 23.3 Å². The van der Waals surface area contributed by atoms with E-state index in [1.807, 2.05) is 0 Å². The summed E-state index contributed by atoms with van der Waals surface area (Å²) in [5.41, 5.74) is 7.51. The van der Waals surface area contributed by atoms with Gasteiger partial charge in [0.1, 0.15) is 0 Å². The van der Waals surface area contributed by atoms with Crippen molar-refractivity contribution in [3.05, 3.63) is 65.7 Å². The predicted molar refractivity (Wildman–Crippen MR) is 79.5 cm³/mol. The van der Waals surface area contributed by atoms with E-state index in [9.17, 15) is 14.7 Å². The van der Waals surface area contributed by atoms with Gasteiger partial charge in [-0.1, -0.05) is 42.5 Å². The quantitative estimate of drug-likeness (QED) is 0.729. The third-order valence-corrected chi connectivity index (χ3v) is 3.03. The number of hydrogen-bond donors (Lipinski definition) is 3. The van der Waals surface area contributed by atoms with Gasteiger partial charge in [0.05, 0.1) is 6.42 Å². The van der Waals surface area contributed by atoms with E-state index in [-0.39, 0.29) is 12.3 Å². The maximum Gasteiger partial charge on any atom is 0.330 e. The molecule has 0 aliphatic carbocycles. The summed E-state index contributed by atoms with van der Waals surface area (Å²) < 4.78 is 0. The van der Waals surface area contributed by atoms with Crippen molar-refractivity contribution in [2.24, 2.45) is 0 Å². The molecule has 0 bridgehead atoms. The molecule has 2 aromatic carbocycles. The van der Waals surface area contributed by atoms with Crippen LogP contribution in [0.2, 0.25) is 0 Å². The summed E-state index contributed by atoms with van der Waals surface area (Å²) in [5.74, 6) is -1.44. The third kappa shape index (κ3) is 4.07. The number of carbonyl (C=O) groups is 2. The molecule has 5 heteroatoms. The van der Waals surface area contributed by atoms with E-state index in [2.05, 4.69) is 5.32 Å². The number of benzene rings is 2. The summed E-state index contributed by atoms with van der Waals surface area (Å²) in [5, 5.41) is 11.8. The first-order chi connectivity index (χ1) is 10.1. The Labute approximate surface area is 122 Å². The minimum absolute atomic E-state index is 0.108. The molecular weight excluding hydrogens is 268 g/mol. The van der Waals surface area contributed by atoms with Crippen LogP contribution in [-0.4, -0.2) is 17.0 Å². The number of nitrogens with one attached hydrogen (secondary N) is 1. The van der Waals surface area contributed by atoms with Crippen LogP contribution in [0.25, 0.3) is 0 Å². The maximum atomic E-state index is 12.0. The number of hydrogen-bond acceptors (Lipinski definition) is 3. The van der Waals surface area contributed by atoms with Crippen LogP contribution in [0.5, 0.6) is 0 Å². The lowest BCUT2D eigenvalue weighted by Crippen LogP contribution is -2.34. The van der Waals surface area contributed by atoms with Gasteiger partial charge in [-0.2, -0.15) is 0 Å². The molecule has 0 aliphatic rings. The summed E-state index contributed by atoms with van der Waals surface area (Å²) >= 11 is 0. The highest BCUT2D eigenvalue weighted by Crippen LogP contribution is 2.13. The average Bonchev–Trinajstić information content (AvgIpc) is 2.48. The third-order valence-electron chi connectivity index (χ3n) is 3.03. The van der Waals surface area contributed by atoms with Crippen LogP contribution in [0.1, 0.15) is 17.2 Å². The molecule has 0 heterocycles. The van der Waals surface area contributed by atoms with Crippen LogP contribution in [0, 0.1) is 0 Å². The smallest absolute Gasteiger partial charge is 0.330 e. The van der Waals surface area contributed by atoms with Gasteiger partial charge < -0.3 is 16.2 Å². The van der Waals surface area contributed by atoms with Crippen molar-refractivity contribution in [3.63, 3.8) is 0 Å². The molecule has 0 saturated heterocycles. The number of anilines is 1. The van der Waals surface area contributed by atoms with Crippen LogP contribution >= 0.6 is 0 Å². The fourth-order valence-electron chi connectivity index (χ4n) is 1.97. The zero-order valence-corrected chi connectivity index (χ0v) is 11.3. The molecule has 0 fully saturated rings. The monoisotopic (exact) mass is 284 g/mol. The Kier molecular flexibility index (Phi) is 4.56. The van der Waals surface area contributed by atoms with E-state index >= 15 is 0 Å². The zero-order valence-electron chi connectivity index (χ0n) is 11.3. The number of carbonyl (C=O) groups excluding carboxylic acids is 1. The molecule has 2 rings (SSSR count). The van der Waals surface area contributed by atoms with Gasteiger partial charge >= 0.3 is 5.97 Å². The van der Waals surface area contributed by atoms with Gasteiger partial charge in [-0.3, -0.25) is 4.79 Å². The van der Waals surface area contributed by atoms with Crippen LogP contribution in [0.15, 0.2) is 54.6 Å². The lowest BCUT2D eigenvalue weighted by molar-refractivity contribution is -0.141. The fourth-order valence-corrected chi connectivity index (χ4v) is 1.97. The Bertz CT molecular complexity index is 624. The average molecular weight is 284 g/mol. The van der Waals surface area contributed by atoms with Gasteiger partial charge in [0.2, 0.25) is 5.91 Å². The van der Waals surface area contributed by atoms with Gasteiger partial charge in [0.15, 0.2) is 6.04 Å².